The van der Waals surface area contributed by atoms with Gasteiger partial charge in [0.2, 0.25) is 0 Å². The maximum atomic E-state index is 10.4. The highest BCUT2D eigenvalue weighted by Crippen LogP contribution is 2.04. The van der Waals surface area contributed by atoms with Crippen LogP contribution in [0.5, 0.6) is 0 Å². The highest BCUT2D eigenvalue weighted by Gasteiger charge is 2.08. The normalized spacial score (nSPS) is 11.3. The zero-order valence-corrected chi connectivity index (χ0v) is 9.36. The smallest absolute Gasteiger partial charge is 0.321 e. The molecule has 1 rings (SSSR count). The summed E-state index contributed by atoms with van der Waals surface area (Å²) in [5.74, 6) is 4.36. The Kier molecular flexibility index (Phi) is 4.28. The molecule has 3 N–H and O–H groups in total. The Balaban J connectivity index is 2.62. The van der Waals surface area contributed by atoms with Crippen molar-refractivity contribution in [3.63, 3.8) is 0 Å². The summed E-state index contributed by atoms with van der Waals surface area (Å²) in [7, 11) is 0. The summed E-state index contributed by atoms with van der Waals surface area (Å²) in [4.78, 5) is 14.4. The number of carboxylic acid groups (broad SMARTS) is 1. The van der Waals surface area contributed by atoms with Crippen LogP contribution in [0.15, 0.2) is 22.8 Å². The van der Waals surface area contributed by atoms with Gasteiger partial charge in [0.1, 0.15) is 16.3 Å². The Bertz CT molecular complexity index is 423. The van der Waals surface area contributed by atoms with Crippen molar-refractivity contribution in [2.75, 3.05) is 0 Å². The summed E-state index contributed by atoms with van der Waals surface area (Å²) in [6.45, 7) is 0. The SMILES string of the molecule is N[C@@H](CC#Cc1cccc(Br)n1)C(=O)O. The van der Waals surface area contributed by atoms with Crippen molar-refractivity contribution < 1.29 is 9.90 Å². The van der Waals surface area contributed by atoms with Crippen LogP contribution in [0.3, 0.4) is 0 Å². The molecular formula is C10H9BrN2O2. The summed E-state index contributed by atoms with van der Waals surface area (Å²) in [6, 6.07) is 4.39. The summed E-state index contributed by atoms with van der Waals surface area (Å²) < 4.78 is 0.692. The Morgan fingerprint density at radius 3 is 3.00 bits per heavy atom. The van der Waals surface area contributed by atoms with Crippen molar-refractivity contribution in [1.82, 2.24) is 4.98 Å². The highest BCUT2D eigenvalue weighted by atomic mass is 79.9. The summed E-state index contributed by atoms with van der Waals surface area (Å²) >= 11 is 3.21. The molecular weight excluding hydrogens is 260 g/mol. The minimum absolute atomic E-state index is 0.115. The molecule has 1 aromatic rings. The summed E-state index contributed by atoms with van der Waals surface area (Å²) in [5.41, 5.74) is 5.86. The number of halogens is 1. The van der Waals surface area contributed by atoms with E-state index in [4.69, 9.17) is 10.8 Å². The third kappa shape index (κ3) is 4.11. The molecule has 0 bridgehead atoms. The third-order valence-corrected chi connectivity index (χ3v) is 2.01. The van der Waals surface area contributed by atoms with Gasteiger partial charge in [0.05, 0.1) is 0 Å². The molecule has 0 spiro atoms. The van der Waals surface area contributed by atoms with Gasteiger partial charge in [0.25, 0.3) is 0 Å². The monoisotopic (exact) mass is 268 g/mol. The topological polar surface area (TPSA) is 76.2 Å². The van der Waals surface area contributed by atoms with Gasteiger partial charge in [-0.2, -0.15) is 0 Å². The molecule has 0 fully saturated rings. The second-order valence-corrected chi connectivity index (χ2v) is 3.61. The van der Waals surface area contributed by atoms with E-state index >= 15 is 0 Å². The number of pyridine rings is 1. The van der Waals surface area contributed by atoms with Crippen molar-refractivity contribution >= 4 is 21.9 Å². The average molecular weight is 269 g/mol. The molecule has 1 atom stereocenters. The van der Waals surface area contributed by atoms with Crippen LogP contribution in [-0.4, -0.2) is 22.1 Å². The minimum atomic E-state index is -1.05. The van der Waals surface area contributed by atoms with Gasteiger partial charge in [-0.15, -0.1) is 0 Å². The van der Waals surface area contributed by atoms with E-state index in [9.17, 15) is 4.79 Å². The number of aromatic nitrogens is 1. The van der Waals surface area contributed by atoms with Crippen LogP contribution in [0.1, 0.15) is 12.1 Å². The van der Waals surface area contributed by atoms with Crippen molar-refractivity contribution in [1.29, 1.82) is 0 Å². The standard InChI is InChI=1S/C10H9BrN2O2/c11-9-6-2-4-7(13-9)3-1-5-8(12)10(14)15/h2,4,6,8H,5,12H2,(H,14,15)/t8-/m0/s1. The first-order valence-electron chi connectivity index (χ1n) is 4.19. The zero-order valence-electron chi connectivity index (χ0n) is 7.77. The number of rotatable bonds is 2. The van der Waals surface area contributed by atoms with E-state index in [1.165, 1.54) is 0 Å². The molecule has 4 nitrogen and oxygen atoms in total. The molecule has 0 amide bonds. The van der Waals surface area contributed by atoms with Crippen LogP contribution >= 0.6 is 15.9 Å². The van der Waals surface area contributed by atoms with Crippen molar-refractivity contribution in [3.05, 3.63) is 28.5 Å². The van der Waals surface area contributed by atoms with E-state index in [0.717, 1.165) is 0 Å². The Labute approximate surface area is 95.6 Å². The molecule has 0 saturated heterocycles. The third-order valence-electron chi connectivity index (χ3n) is 1.57. The van der Waals surface area contributed by atoms with Crippen LogP contribution in [0, 0.1) is 11.8 Å². The largest absolute Gasteiger partial charge is 0.480 e. The average Bonchev–Trinajstić information content (AvgIpc) is 2.17. The minimum Gasteiger partial charge on any atom is -0.480 e. The number of nitrogens with two attached hydrogens (primary N) is 1. The predicted octanol–water partition coefficient (Wildman–Crippen LogP) is 0.998. The molecule has 0 aliphatic carbocycles. The second kappa shape index (κ2) is 5.49. The van der Waals surface area contributed by atoms with Gasteiger partial charge < -0.3 is 10.8 Å². The molecule has 5 heteroatoms. The maximum absolute atomic E-state index is 10.4. The van der Waals surface area contributed by atoms with E-state index in [-0.39, 0.29) is 6.42 Å². The first-order valence-corrected chi connectivity index (χ1v) is 4.98. The second-order valence-electron chi connectivity index (χ2n) is 2.80. The maximum Gasteiger partial charge on any atom is 0.321 e. The van der Waals surface area contributed by atoms with Crippen molar-refractivity contribution in [3.8, 4) is 11.8 Å². The van der Waals surface area contributed by atoms with E-state index < -0.39 is 12.0 Å². The molecule has 0 unspecified atom stereocenters. The van der Waals surface area contributed by atoms with Crippen LogP contribution in [0.25, 0.3) is 0 Å². The van der Waals surface area contributed by atoms with Crippen molar-refractivity contribution in [2.24, 2.45) is 5.73 Å². The van der Waals surface area contributed by atoms with Gasteiger partial charge in [0, 0.05) is 6.42 Å². The van der Waals surface area contributed by atoms with Gasteiger partial charge in [-0.25, -0.2) is 4.98 Å². The van der Waals surface area contributed by atoms with Crippen LogP contribution in [0.4, 0.5) is 0 Å². The Morgan fingerprint density at radius 1 is 1.67 bits per heavy atom. The number of hydrogen-bond donors (Lipinski definition) is 2. The fourth-order valence-electron chi connectivity index (χ4n) is 0.817. The molecule has 0 aliphatic rings. The molecule has 0 aliphatic heterocycles. The van der Waals surface area contributed by atoms with Crippen molar-refractivity contribution in [2.45, 2.75) is 12.5 Å². The molecule has 1 aromatic heterocycles. The number of nitrogens with zero attached hydrogens (tertiary/aromatic N) is 1. The number of hydrogen-bond acceptors (Lipinski definition) is 3. The van der Waals surface area contributed by atoms with Gasteiger partial charge in [-0.05, 0) is 34.0 Å². The van der Waals surface area contributed by atoms with E-state index in [1.807, 2.05) is 0 Å². The highest BCUT2D eigenvalue weighted by molar-refractivity contribution is 9.10. The zero-order chi connectivity index (χ0) is 11.3. The first-order chi connectivity index (χ1) is 7.09. The molecule has 0 aromatic carbocycles. The van der Waals surface area contributed by atoms with Gasteiger partial charge in [-0.1, -0.05) is 12.0 Å². The fourth-order valence-corrected chi connectivity index (χ4v) is 1.16. The van der Waals surface area contributed by atoms with Gasteiger partial charge in [-0.3, -0.25) is 4.79 Å². The quantitative estimate of drug-likeness (QED) is 0.620. The lowest BCUT2D eigenvalue weighted by atomic mass is 10.2. The first kappa shape index (κ1) is 11.7. The number of carbonyl (C=O) groups is 1. The Morgan fingerprint density at radius 2 is 2.40 bits per heavy atom. The van der Waals surface area contributed by atoms with E-state index in [2.05, 4.69) is 32.8 Å². The van der Waals surface area contributed by atoms with Crippen LogP contribution in [0.2, 0.25) is 0 Å². The van der Waals surface area contributed by atoms with Crippen LogP contribution in [-0.2, 0) is 4.79 Å². The van der Waals surface area contributed by atoms with E-state index in [1.54, 1.807) is 18.2 Å². The molecule has 78 valence electrons. The Hall–Kier alpha value is -1.38. The molecule has 0 radical (unpaired) electrons. The summed E-state index contributed by atoms with van der Waals surface area (Å²) in [5, 5.41) is 8.51. The summed E-state index contributed by atoms with van der Waals surface area (Å²) in [6.07, 6.45) is 0.115. The van der Waals surface area contributed by atoms with Crippen LogP contribution < -0.4 is 5.73 Å². The lowest BCUT2D eigenvalue weighted by Gasteiger charge is -1.98. The number of carboxylic acids is 1. The van der Waals surface area contributed by atoms with Gasteiger partial charge in [0.15, 0.2) is 0 Å². The molecule has 1 heterocycles. The lowest BCUT2D eigenvalue weighted by molar-refractivity contribution is -0.138. The molecule has 0 saturated carbocycles. The molecule has 15 heavy (non-hydrogen) atoms. The predicted molar refractivity (Wildman–Crippen MR) is 59.0 cm³/mol. The number of aliphatic carboxylic acids is 1. The lowest BCUT2D eigenvalue weighted by Crippen LogP contribution is -2.29. The van der Waals surface area contributed by atoms with E-state index in [0.29, 0.717) is 10.3 Å². The fraction of sp³-hybridized carbons (Fsp3) is 0.200. The van der Waals surface area contributed by atoms with Gasteiger partial charge >= 0.3 is 5.97 Å².